The number of rotatable bonds is 1. The van der Waals surface area contributed by atoms with Crippen LogP contribution in [0.2, 0.25) is 0 Å². The van der Waals surface area contributed by atoms with Crippen LogP contribution in [0.4, 0.5) is 0 Å². The van der Waals surface area contributed by atoms with Crippen molar-refractivity contribution < 1.29 is 5.11 Å². The molecule has 1 rings (SSSR count). The maximum atomic E-state index is 8.82. The van der Waals surface area contributed by atoms with Crippen LogP contribution >= 0.6 is 15.9 Å². The molecule has 2 heteroatoms. The second kappa shape index (κ2) is 6.21. The summed E-state index contributed by atoms with van der Waals surface area (Å²) in [7, 11) is 0. The van der Waals surface area contributed by atoms with Gasteiger partial charge in [0.15, 0.2) is 0 Å². The molecule has 0 unspecified atom stereocenters. The van der Waals surface area contributed by atoms with Crippen LogP contribution in [0.15, 0.2) is 22.7 Å². The molecule has 0 aromatic heterocycles. The molecule has 0 radical (unpaired) electrons. The lowest BCUT2D eigenvalue weighted by molar-refractivity contribution is 0.281. The first kappa shape index (κ1) is 11.7. The molecule has 0 spiro atoms. The highest BCUT2D eigenvalue weighted by Gasteiger charge is 1.95. The minimum absolute atomic E-state index is 0.116. The number of aryl methyl sites for hydroxylation is 1. The van der Waals surface area contributed by atoms with E-state index in [1.165, 1.54) is 0 Å². The quantitative estimate of drug-likeness (QED) is 0.786. The Labute approximate surface area is 82.6 Å². The monoisotopic (exact) mass is 230 g/mol. The molecule has 0 saturated heterocycles. The van der Waals surface area contributed by atoms with E-state index in [0.29, 0.717) is 0 Å². The zero-order valence-electron chi connectivity index (χ0n) is 7.76. The van der Waals surface area contributed by atoms with Gasteiger partial charge in [0.1, 0.15) is 0 Å². The molecule has 0 bridgehead atoms. The molecule has 68 valence electrons. The van der Waals surface area contributed by atoms with Crippen LogP contribution in [-0.2, 0) is 6.61 Å². The molecular formula is C10H15BrO. The second-order valence-electron chi connectivity index (χ2n) is 2.23. The average Bonchev–Trinajstić information content (AvgIpc) is 2.13. The van der Waals surface area contributed by atoms with E-state index in [4.69, 9.17) is 5.11 Å². The van der Waals surface area contributed by atoms with E-state index in [-0.39, 0.29) is 6.61 Å². The van der Waals surface area contributed by atoms with Gasteiger partial charge >= 0.3 is 0 Å². The third-order valence-electron chi connectivity index (χ3n) is 1.48. The highest BCUT2D eigenvalue weighted by molar-refractivity contribution is 9.10. The largest absolute Gasteiger partial charge is 0.392 e. The molecule has 1 aromatic carbocycles. The van der Waals surface area contributed by atoms with E-state index in [1.54, 1.807) is 0 Å². The fourth-order valence-electron chi connectivity index (χ4n) is 0.810. The highest BCUT2D eigenvalue weighted by Crippen LogP contribution is 2.15. The van der Waals surface area contributed by atoms with E-state index in [2.05, 4.69) is 15.9 Å². The standard InChI is InChI=1S/C8H9BrO.C2H6/c1-6-2-3-8(9)4-7(6)5-10;1-2/h2-4,10H,5H2,1H3;1-2H3. The van der Waals surface area contributed by atoms with Gasteiger partial charge in [-0.05, 0) is 30.2 Å². The zero-order chi connectivity index (χ0) is 9.56. The molecule has 0 saturated carbocycles. The Balaban J connectivity index is 0.000000561. The first-order valence-corrected chi connectivity index (χ1v) is 4.89. The van der Waals surface area contributed by atoms with Crippen LogP contribution in [0.25, 0.3) is 0 Å². The van der Waals surface area contributed by atoms with E-state index >= 15 is 0 Å². The van der Waals surface area contributed by atoms with Gasteiger partial charge in [-0.3, -0.25) is 0 Å². The van der Waals surface area contributed by atoms with Crippen LogP contribution in [0.5, 0.6) is 0 Å². The summed E-state index contributed by atoms with van der Waals surface area (Å²) in [5.74, 6) is 0. The second-order valence-corrected chi connectivity index (χ2v) is 3.14. The van der Waals surface area contributed by atoms with Crippen molar-refractivity contribution in [1.82, 2.24) is 0 Å². The Hall–Kier alpha value is -0.340. The molecule has 0 aliphatic heterocycles. The summed E-state index contributed by atoms with van der Waals surface area (Å²) in [6.45, 7) is 6.10. The molecule has 1 aromatic rings. The number of benzene rings is 1. The first-order chi connectivity index (χ1) is 5.74. The topological polar surface area (TPSA) is 20.2 Å². The SMILES string of the molecule is CC.Cc1ccc(Br)cc1CO. The van der Waals surface area contributed by atoms with Gasteiger partial charge in [-0.25, -0.2) is 0 Å². The number of aliphatic hydroxyl groups excluding tert-OH is 1. The minimum atomic E-state index is 0.116. The number of aliphatic hydroxyl groups is 1. The molecule has 0 aliphatic carbocycles. The Morgan fingerprint density at radius 1 is 1.33 bits per heavy atom. The Morgan fingerprint density at radius 3 is 2.33 bits per heavy atom. The van der Waals surface area contributed by atoms with E-state index < -0.39 is 0 Å². The van der Waals surface area contributed by atoms with Crippen molar-refractivity contribution in [2.24, 2.45) is 0 Å². The van der Waals surface area contributed by atoms with Gasteiger partial charge in [0.2, 0.25) is 0 Å². The van der Waals surface area contributed by atoms with Crippen LogP contribution in [0.3, 0.4) is 0 Å². The first-order valence-electron chi connectivity index (χ1n) is 4.10. The third kappa shape index (κ3) is 3.37. The van der Waals surface area contributed by atoms with Gasteiger partial charge in [-0.15, -0.1) is 0 Å². The average molecular weight is 231 g/mol. The summed E-state index contributed by atoms with van der Waals surface area (Å²) in [5.41, 5.74) is 2.11. The van der Waals surface area contributed by atoms with Crippen molar-refractivity contribution >= 4 is 15.9 Å². The maximum Gasteiger partial charge on any atom is 0.0684 e. The third-order valence-corrected chi connectivity index (χ3v) is 1.97. The van der Waals surface area contributed by atoms with E-state index in [9.17, 15) is 0 Å². The molecule has 0 aliphatic rings. The lowest BCUT2D eigenvalue weighted by atomic mass is 10.1. The van der Waals surface area contributed by atoms with Crippen LogP contribution in [0, 0.1) is 6.92 Å². The Kier molecular flexibility index (Phi) is 6.03. The molecule has 1 nitrogen and oxygen atoms in total. The van der Waals surface area contributed by atoms with Gasteiger partial charge in [-0.2, -0.15) is 0 Å². The van der Waals surface area contributed by atoms with Gasteiger partial charge in [0, 0.05) is 4.47 Å². The van der Waals surface area contributed by atoms with Crippen molar-refractivity contribution in [2.45, 2.75) is 27.4 Å². The molecule has 0 heterocycles. The van der Waals surface area contributed by atoms with Crippen molar-refractivity contribution in [1.29, 1.82) is 0 Å². The molecule has 0 fully saturated rings. The summed E-state index contributed by atoms with van der Waals surface area (Å²) in [5, 5.41) is 8.82. The maximum absolute atomic E-state index is 8.82. The lowest BCUT2D eigenvalue weighted by Gasteiger charge is -2.00. The van der Waals surface area contributed by atoms with E-state index in [0.717, 1.165) is 15.6 Å². The van der Waals surface area contributed by atoms with Crippen LogP contribution in [-0.4, -0.2) is 5.11 Å². The number of halogens is 1. The molecule has 1 N–H and O–H groups in total. The lowest BCUT2D eigenvalue weighted by Crippen LogP contribution is -1.86. The van der Waals surface area contributed by atoms with Gasteiger partial charge in [-0.1, -0.05) is 35.8 Å². The van der Waals surface area contributed by atoms with Gasteiger partial charge < -0.3 is 5.11 Å². The normalized spacial score (nSPS) is 8.75. The summed E-state index contributed by atoms with van der Waals surface area (Å²) < 4.78 is 1.02. The minimum Gasteiger partial charge on any atom is -0.392 e. The molecular weight excluding hydrogens is 216 g/mol. The summed E-state index contributed by atoms with van der Waals surface area (Å²) in [6.07, 6.45) is 0. The van der Waals surface area contributed by atoms with E-state index in [1.807, 2.05) is 39.0 Å². The molecule has 12 heavy (non-hydrogen) atoms. The predicted molar refractivity (Wildman–Crippen MR) is 56.1 cm³/mol. The summed E-state index contributed by atoms with van der Waals surface area (Å²) in [6, 6.07) is 5.87. The van der Waals surface area contributed by atoms with Gasteiger partial charge in [0.25, 0.3) is 0 Å². The van der Waals surface area contributed by atoms with Crippen LogP contribution < -0.4 is 0 Å². The fraction of sp³-hybridized carbons (Fsp3) is 0.400. The zero-order valence-corrected chi connectivity index (χ0v) is 9.35. The summed E-state index contributed by atoms with van der Waals surface area (Å²) in [4.78, 5) is 0. The van der Waals surface area contributed by atoms with Crippen molar-refractivity contribution in [3.63, 3.8) is 0 Å². The van der Waals surface area contributed by atoms with Crippen molar-refractivity contribution in [2.75, 3.05) is 0 Å². The molecule has 0 atom stereocenters. The summed E-state index contributed by atoms with van der Waals surface area (Å²) >= 11 is 3.33. The smallest absolute Gasteiger partial charge is 0.0684 e. The Morgan fingerprint density at radius 2 is 1.92 bits per heavy atom. The van der Waals surface area contributed by atoms with Crippen molar-refractivity contribution in [3.8, 4) is 0 Å². The Bertz CT molecular complexity index is 233. The molecule has 0 amide bonds. The van der Waals surface area contributed by atoms with Crippen LogP contribution in [0.1, 0.15) is 25.0 Å². The predicted octanol–water partition coefficient (Wildman–Crippen LogP) is 3.28. The number of hydrogen-bond acceptors (Lipinski definition) is 1. The van der Waals surface area contributed by atoms with Gasteiger partial charge in [0.05, 0.1) is 6.61 Å². The highest BCUT2D eigenvalue weighted by atomic mass is 79.9. The fourth-order valence-corrected chi connectivity index (χ4v) is 1.22. The van der Waals surface area contributed by atoms with Crippen molar-refractivity contribution in [3.05, 3.63) is 33.8 Å². The number of hydrogen-bond donors (Lipinski definition) is 1.